The Labute approximate surface area is 91.0 Å². The van der Waals surface area contributed by atoms with E-state index in [1.165, 1.54) is 0 Å². The molecule has 0 saturated heterocycles. The first-order valence-electron chi connectivity index (χ1n) is 5.15. The summed E-state index contributed by atoms with van der Waals surface area (Å²) in [6, 6.07) is 9.60. The molecular formula is C12H18N2O. The van der Waals surface area contributed by atoms with E-state index in [0.717, 1.165) is 12.3 Å². The van der Waals surface area contributed by atoms with Gasteiger partial charge < -0.3 is 10.5 Å². The molecule has 0 aromatic heterocycles. The smallest absolute Gasteiger partial charge is 0.145 e. The predicted octanol–water partition coefficient (Wildman–Crippen LogP) is 2.08. The van der Waals surface area contributed by atoms with Crippen molar-refractivity contribution in [2.24, 2.45) is 16.6 Å². The molecule has 0 saturated carbocycles. The van der Waals surface area contributed by atoms with Crippen LogP contribution < -0.4 is 10.5 Å². The second kappa shape index (κ2) is 6.06. The average Bonchev–Trinajstić information content (AvgIpc) is 2.25. The summed E-state index contributed by atoms with van der Waals surface area (Å²) in [5, 5.41) is 0. The molecule has 15 heavy (non-hydrogen) atoms. The Bertz CT molecular complexity index is 307. The Hall–Kier alpha value is -1.51. The first-order chi connectivity index (χ1) is 7.18. The van der Waals surface area contributed by atoms with Gasteiger partial charge in [0, 0.05) is 6.54 Å². The zero-order valence-electron chi connectivity index (χ0n) is 9.31. The Kier molecular flexibility index (Phi) is 4.68. The highest BCUT2D eigenvalue weighted by molar-refractivity contribution is 5.81. The van der Waals surface area contributed by atoms with Gasteiger partial charge in [-0.1, -0.05) is 32.0 Å². The first-order valence-corrected chi connectivity index (χ1v) is 5.15. The normalized spacial score (nSPS) is 11.8. The molecule has 3 nitrogen and oxygen atoms in total. The van der Waals surface area contributed by atoms with Crippen LogP contribution in [0.25, 0.3) is 0 Å². The number of ether oxygens (including phenoxy) is 1. The van der Waals surface area contributed by atoms with Crippen LogP contribution in [0.2, 0.25) is 0 Å². The van der Waals surface area contributed by atoms with E-state index < -0.39 is 0 Å². The molecule has 0 fully saturated rings. The summed E-state index contributed by atoms with van der Waals surface area (Å²) < 4.78 is 5.44. The molecule has 0 atom stereocenters. The van der Waals surface area contributed by atoms with Gasteiger partial charge in [-0.3, -0.25) is 4.99 Å². The molecule has 0 amide bonds. The van der Waals surface area contributed by atoms with Gasteiger partial charge in [0.15, 0.2) is 0 Å². The van der Waals surface area contributed by atoms with Crippen molar-refractivity contribution in [2.45, 2.75) is 13.8 Å². The first kappa shape index (κ1) is 11.6. The summed E-state index contributed by atoms with van der Waals surface area (Å²) in [6.45, 7) is 5.32. The number of hydrogen-bond donors (Lipinski definition) is 1. The van der Waals surface area contributed by atoms with Crippen molar-refractivity contribution < 1.29 is 4.74 Å². The third-order valence-corrected chi connectivity index (χ3v) is 1.79. The molecule has 0 spiro atoms. The van der Waals surface area contributed by atoms with E-state index in [0.29, 0.717) is 18.4 Å². The van der Waals surface area contributed by atoms with E-state index in [-0.39, 0.29) is 0 Å². The number of amidine groups is 1. The van der Waals surface area contributed by atoms with Crippen molar-refractivity contribution in [1.82, 2.24) is 0 Å². The number of nitrogens with two attached hydrogens (primary N) is 1. The highest BCUT2D eigenvalue weighted by atomic mass is 16.5. The van der Waals surface area contributed by atoms with Gasteiger partial charge in [-0.25, -0.2) is 0 Å². The molecule has 82 valence electrons. The van der Waals surface area contributed by atoms with E-state index in [9.17, 15) is 0 Å². The fraction of sp³-hybridized carbons (Fsp3) is 0.417. The summed E-state index contributed by atoms with van der Waals surface area (Å²) in [7, 11) is 0. The number of rotatable bonds is 5. The number of benzene rings is 1. The fourth-order valence-electron chi connectivity index (χ4n) is 1.02. The summed E-state index contributed by atoms with van der Waals surface area (Å²) in [5.74, 6) is 1.90. The van der Waals surface area contributed by atoms with Crippen molar-refractivity contribution in [2.75, 3.05) is 13.2 Å². The molecule has 0 radical (unpaired) electrons. The Morgan fingerprint density at radius 3 is 2.60 bits per heavy atom. The minimum Gasteiger partial charge on any atom is -0.486 e. The molecular weight excluding hydrogens is 188 g/mol. The molecule has 1 rings (SSSR count). The third kappa shape index (κ3) is 5.05. The van der Waals surface area contributed by atoms with Gasteiger partial charge in [0.1, 0.15) is 18.2 Å². The largest absolute Gasteiger partial charge is 0.486 e. The summed E-state index contributed by atoms with van der Waals surface area (Å²) in [6.07, 6.45) is 0. The van der Waals surface area contributed by atoms with Crippen LogP contribution >= 0.6 is 0 Å². The Morgan fingerprint density at radius 1 is 1.33 bits per heavy atom. The Balaban J connectivity index is 2.34. The van der Waals surface area contributed by atoms with E-state index in [1.807, 2.05) is 30.3 Å². The molecule has 0 bridgehead atoms. The van der Waals surface area contributed by atoms with Crippen molar-refractivity contribution in [1.29, 1.82) is 0 Å². The van der Waals surface area contributed by atoms with Crippen molar-refractivity contribution in [3.05, 3.63) is 30.3 Å². The van der Waals surface area contributed by atoms with Crippen LogP contribution in [0.4, 0.5) is 0 Å². The molecule has 2 N–H and O–H groups in total. The topological polar surface area (TPSA) is 47.6 Å². The lowest BCUT2D eigenvalue weighted by Crippen LogP contribution is -2.22. The highest BCUT2D eigenvalue weighted by Gasteiger charge is 1.96. The predicted molar refractivity (Wildman–Crippen MR) is 63.3 cm³/mol. The van der Waals surface area contributed by atoms with Gasteiger partial charge in [-0.15, -0.1) is 0 Å². The zero-order valence-corrected chi connectivity index (χ0v) is 9.31. The van der Waals surface area contributed by atoms with Crippen LogP contribution in [0, 0.1) is 5.92 Å². The van der Waals surface area contributed by atoms with Crippen LogP contribution in [-0.4, -0.2) is 19.0 Å². The molecule has 0 heterocycles. The maximum absolute atomic E-state index is 5.69. The van der Waals surface area contributed by atoms with Crippen LogP contribution in [0.1, 0.15) is 13.8 Å². The van der Waals surface area contributed by atoms with Gasteiger partial charge in [0.05, 0.1) is 0 Å². The molecule has 1 aromatic carbocycles. The van der Waals surface area contributed by atoms with Gasteiger partial charge >= 0.3 is 0 Å². The van der Waals surface area contributed by atoms with Crippen LogP contribution in [0.3, 0.4) is 0 Å². The number of para-hydroxylation sites is 1. The van der Waals surface area contributed by atoms with Gasteiger partial charge in [-0.05, 0) is 18.1 Å². The molecule has 0 aliphatic heterocycles. The van der Waals surface area contributed by atoms with Crippen molar-refractivity contribution in [3.63, 3.8) is 0 Å². The van der Waals surface area contributed by atoms with Gasteiger partial charge in [0.25, 0.3) is 0 Å². The van der Waals surface area contributed by atoms with Crippen LogP contribution in [0.15, 0.2) is 35.3 Å². The van der Waals surface area contributed by atoms with E-state index in [4.69, 9.17) is 10.5 Å². The lowest BCUT2D eigenvalue weighted by molar-refractivity contribution is 0.374. The summed E-state index contributed by atoms with van der Waals surface area (Å²) in [5.41, 5.74) is 5.69. The van der Waals surface area contributed by atoms with Gasteiger partial charge in [0.2, 0.25) is 0 Å². The van der Waals surface area contributed by atoms with E-state index in [1.54, 1.807) is 0 Å². The maximum atomic E-state index is 5.69. The van der Waals surface area contributed by atoms with E-state index in [2.05, 4.69) is 18.8 Å². The average molecular weight is 206 g/mol. The van der Waals surface area contributed by atoms with Crippen LogP contribution in [-0.2, 0) is 0 Å². The van der Waals surface area contributed by atoms with Gasteiger partial charge in [-0.2, -0.15) is 0 Å². The number of nitrogens with zero attached hydrogens (tertiary/aromatic N) is 1. The summed E-state index contributed by atoms with van der Waals surface area (Å²) in [4.78, 5) is 4.21. The quantitative estimate of drug-likeness (QED) is 0.592. The number of aliphatic imine (C=N–C) groups is 1. The summed E-state index contributed by atoms with van der Waals surface area (Å²) >= 11 is 0. The molecule has 0 aliphatic rings. The monoisotopic (exact) mass is 206 g/mol. The molecule has 0 aliphatic carbocycles. The van der Waals surface area contributed by atoms with Crippen molar-refractivity contribution in [3.8, 4) is 5.75 Å². The second-order valence-electron chi connectivity index (χ2n) is 3.83. The SMILES string of the molecule is CC(C)CN=C(N)COc1ccccc1. The zero-order chi connectivity index (χ0) is 11.1. The van der Waals surface area contributed by atoms with Crippen molar-refractivity contribution >= 4 is 5.84 Å². The number of hydrogen-bond acceptors (Lipinski definition) is 2. The molecule has 0 unspecified atom stereocenters. The standard InChI is InChI=1S/C12H18N2O/c1-10(2)8-14-12(13)9-15-11-6-4-3-5-7-11/h3-7,10H,8-9H2,1-2H3,(H2,13,14). The highest BCUT2D eigenvalue weighted by Crippen LogP contribution is 2.07. The minimum absolute atomic E-state index is 0.358. The third-order valence-electron chi connectivity index (χ3n) is 1.79. The molecule has 3 heteroatoms. The van der Waals surface area contributed by atoms with E-state index >= 15 is 0 Å². The molecule has 1 aromatic rings. The minimum atomic E-state index is 0.358. The Morgan fingerprint density at radius 2 is 2.00 bits per heavy atom. The maximum Gasteiger partial charge on any atom is 0.145 e. The lowest BCUT2D eigenvalue weighted by Gasteiger charge is -2.06. The lowest BCUT2D eigenvalue weighted by atomic mass is 10.2. The van der Waals surface area contributed by atoms with Crippen LogP contribution in [0.5, 0.6) is 5.75 Å². The second-order valence-corrected chi connectivity index (χ2v) is 3.83. The fourth-order valence-corrected chi connectivity index (χ4v) is 1.02.